The van der Waals surface area contributed by atoms with Crippen LogP contribution in [0.2, 0.25) is 0 Å². The van der Waals surface area contributed by atoms with Crippen molar-refractivity contribution in [2.24, 2.45) is 5.92 Å². The van der Waals surface area contributed by atoms with E-state index in [2.05, 4.69) is 28.9 Å². The fourth-order valence-corrected chi connectivity index (χ4v) is 2.25. The lowest BCUT2D eigenvalue weighted by Crippen LogP contribution is -2.52. The third-order valence-electron chi connectivity index (χ3n) is 2.74. The fraction of sp³-hybridized carbons (Fsp3) is 0.750. The molecule has 2 heterocycles. The van der Waals surface area contributed by atoms with Gasteiger partial charge in [-0.3, -0.25) is 9.69 Å². The lowest BCUT2D eigenvalue weighted by molar-refractivity contribution is 0.0304. The number of H-pyrrole nitrogens is 1. The van der Waals surface area contributed by atoms with Gasteiger partial charge in [0.05, 0.1) is 6.54 Å². The summed E-state index contributed by atoms with van der Waals surface area (Å²) in [5, 5.41) is 7.26. The molecule has 0 bridgehead atoms. The minimum Gasteiger partial charge on any atom is -0.293 e. The van der Waals surface area contributed by atoms with Crippen molar-refractivity contribution in [2.75, 3.05) is 6.54 Å². The van der Waals surface area contributed by atoms with Crippen molar-refractivity contribution in [3.63, 3.8) is 0 Å². The van der Waals surface area contributed by atoms with Gasteiger partial charge in [0.25, 0.3) is 0 Å². The molecular formula is C8H13N3OS. The quantitative estimate of drug-likeness (QED) is 0.761. The van der Waals surface area contributed by atoms with Gasteiger partial charge in [0, 0.05) is 12.6 Å². The first-order valence-corrected chi connectivity index (χ1v) is 5.27. The molecule has 1 aromatic heterocycles. The number of rotatable bonds is 2. The van der Waals surface area contributed by atoms with Crippen LogP contribution in [0.15, 0.2) is 4.79 Å². The summed E-state index contributed by atoms with van der Waals surface area (Å²) in [4.78, 5) is 13.1. The highest BCUT2D eigenvalue weighted by Gasteiger charge is 2.31. The van der Waals surface area contributed by atoms with E-state index in [0.29, 0.717) is 6.04 Å². The minimum atomic E-state index is -0.0591. The third kappa shape index (κ3) is 1.66. The maximum atomic E-state index is 10.8. The zero-order valence-electron chi connectivity index (χ0n) is 7.78. The van der Waals surface area contributed by atoms with Crippen molar-refractivity contribution in [3.8, 4) is 0 Å². The van der Waals surface area contributed by atoms with Crippen molar-refractivity contribution < 1.29 is 0 Å². The number of nitrogens with one attached hydrogen (secondary N) is 1. The van der Waals surface area contributed by atoms with E-state index < -0.39 is 0 Å². The van der Waals surface area contributed by atoms with E-state index >= 15 is 0 Å². The summed E-state index contributed by atoms with van der Waals surface area (Å²) >= 11 is 1.20. The normalized spacial score (nSPS) is 28.8. The van der Waals surface area contributed by atoms with Crippen LogP contribution in [0, 0.1) is 5.92 Å². The van der Waals surface area contributed by atoms with Crippen molar-refractivity contribution in [1.82, 2.24) is 15.1 Å². The largest absolute Gasteiger partial charge is 0.322 e. The second-order valence-electron chi connectivity index (χ2n) is 3.65. The number of nitrogens with zero attached hydrogens (tertiary/aromatic N) is 2. The summed E-state index contributed by atoms with van der Waals surface area (Å²) in [6, 6.07) is 0.624. The van der Waals surface area contributed by atoms with Crippen molar-refractivity contribution in [2.45, 2.75) is 26.4 Å². The molecule has 0 aromatic carbocycles. The van der Waals surface area contributed by atoms with Gasteiger partial charge in [-0.1, -0.05) is 18.3 Å². The van der Waals surface area contributed by atoms with Crippen LogP contribution in [-0.4, -0.2) is 27.7 Å². The van der Waals surface area contributed by atoms with Gasteiger partial charge >= 0.3 is 4.87 Å². The molecule has 2 rings (SSSR count). The van der Waals surface area contributed by atoms with Crippen molar-refractivity contribution >= 4 is 11.3 Å². The molecule has 1 aliphatic heterocycles. The summed E-state index contributed by atoms with van der Waals surface area (Å²) in [7, 11) is 0. The van der Waals surface area contributed by atoms with Gasteiger partial charge in [-0.25, -0.2) is 5.10 Å². The molecule has 0 spiro atoms. The standard InChI is InChI=1S/C8H13N3OS/c1-5-3-11(6(5)2)4-7-9-10-8(12)13-7/h5-6H,3-4H2,1-2H3,(H,10,12). The summed E-state index contributed by atoms with van der Waals surface area (Å²) in [6.07, 6.45) is 0. The van der Waals surface area contributed by atoms with Crippen molar-refractivity contribution in [1.29, 1.82) is 0 Å². The Morgan fingerprint density at radius 2 is 2.46 bits per heavy atom. The molecule has 4 nitrogen and oxygen atoms in total. The lowest BCUT2D eigenvalue weighted by Gasteiger charge is -2.44. The monoisotopic (exact) mass is 199 g/mol. The van der Waals surface area contributed by atoms with E-state index in [1.807, 2.05) is 0 Å². The Balaban J connectivity index is 1.96. The SMILES string of the molecule is CC1CN(Cc2n[nH]c(=O)s2)C1C. The molecule has 2 unspecified atom stereocenters. The predicted octanol–water partition coefficient (Wildman–Crippen LogP) is 0.672. The zero-order valence-corrected chi connectivity index (χ0v) is 8.60. The first kappa shape index (κ1) is 8.90. The summed E-state index contributed by atoms with van der Waals surface area (Å²) < 4.78 is 0. The second-order valence-corrected chi connectivity index (χ2v) is 4.70. The average Bonchev–Trinajstić information content (AvgIpc) is 2.50. The molecule has 1 aromatic rings. The smallest absolute Gasteiger partial charge is 0.293 e. The van der Waals surface area contributed by atoms with Gasteiger partial charge in [-0.2, -0.15) is 5.10 Å². The zero-order chi connectivity index (χ0) is 9.42. The van der Waals surface area contributed by atoms with Crippen LogP contribution in [0.5, 0.6) is 0 Å². The number of likely N-dealkylation sites (tertiary alicyclic amines) is 1. The topological polar surface area (TPSA) is 49.0 Å². The first-order valence-electron chi connectivity index (χ1n) is 4.45. The van der Waals surface area contributed by atoms with E-state index in [9.17, 15) is 4.79 Å². The van der Waals surface area contributed by atoms with E-state index in [4.69, 9.17) is 0 Å². The van der Waals surface area contributed by atoms with Crippen LogP contribution in [0.3, 0.4) is 0 Å². The van der Waals surface area contributed by atoms with Gasteiger partial charge in [0.15, 0.2) is 0 Å². The molecule has 0 saturated carbocycles. The van der Waals surface area contributed by atoms with Gasteiger partial charge in [-0.15, -0.1) is 0 Å². The third-order valence-corrected chi connectivity index (χ3v) is 3.48. The molecule has 1 aliphatic rings. The van der Waals surface area contributed by atoms with Crippen LogP contribution >= 0.6 is 11.3 Å². The van der Waals surface area contributed by atoms with Gasteiger partial charge in [-0.05, 0) is 12.8 Å². The molecule has 13 heavy (non-hydrogen) atoms. The molecule has 2 atom stereocenters. The van der Waals surface area contributed by atoms with Crippen LogP contribution in [-0.2, 0) is 6.54 Å². The number of hydrogen-bond acceptors (Lipinski definition) is 4. The van der Waals surface area contributed by atoms with E-state index in [-0.39, 0.29) is 4.87 Å². The Bertz CT molecular complexity index is 345. The molecule has 5 heteroatoms. The van der Waals surface area contributed by atoms with Crippen LogP contribution in [0.25, 0.3) is 0 Å². The molecule has 0 aliphatic carbocycles. The number of hydrogen-bond donors (Lipinski definition) is 1. The summed E-state index contributed by atoms with van der Waals surface area (Å²) in [6.45, 7) is 6.39. The molecule has 1 N–H and O–H groups in total. The van der Waals surface area contributed by atoms with E-state index in [1.54, 1.807) is 0 Å². The average molecular weight is 199 g/mol. The van der Waals surface area contributed by atoms with Gasteiger partial charge < -0.3 is 0 Å². The molecule has 1 saturated heterocycles. The Morgan fingerprint density at radius 3 is 2.92 bits per heavy atom. The number of aromatic nitrogens is 2. The maximum absolute atomic E-state index is 10.8. The fourth-order valence-electron chi connectivity index (χ4n) is 1.62. The van der Waals surface area contributed by atoms with E-state index in [0.717, 1.165) is 24.0 Å². The Kier molecular flexibility index (Phi) is 2.21. The molecule has 1 fully saturated rings. The highest BCUT2D eigenvalue weighted by molar-refractivity contribution is 7.08. The Labute approximate surface area is 80.6 Å². The number of aromatic amines is 1. The lowest BCUT2D eigenvalue weighted by atomic mass is 9.92. The minimum absolute atomic E-state index is 0.0591. The second kappa shape index (κ2) is 3.23. The highest BCUT2D eigenvalue weighted by atomic mass is 32.1. The summed E-state index contributed by atoms with van der Waals surface area (Å²) in [5.74, 6) is 0.774. The highest BCUT2D eigenvalue weighted by Crippen LogP contribution is 2.25. The predicted molar refractivity (Wildman–Crippen MR) is 51.8 cm³/mol. The maximum Gasteiger partial charge on any atom is 0.322 e. The van der Waals surface area contributed by atoms with E-state index in [1.165, 1.54) is 11.3 Å². The van der Waals surface area contributed by atoms with Gasteiger partial charge in [0.1, 0.15) is 5.01 Å². The first-order chi connectivity index (χ1) is 6.16. The molecule has 0 amide bonds. The Morgan fingerprint density at radius 1 is 1.69 bits per heavy atom. The van der Waals surface area contributed by atoms with Crippen LogP contribution in [0.1, 0.15) is 18.9 Å². The van der Waals surface area contributed by atoms with Gasteiger partial charge in [0.2, 0.25) is 0 Å². The van der Waals surface area contributed by atoms with Crippen LogP contribution < -0.4 is 4.87 Å². The summed E-state index contributed by atoms with van der Waals surface area (Å²) in [5.41, 5.74) is 0. The Hall–Kier alpha value is -0.680. The van der Waals surface area contributed by atoms with Crippen LogP contribution in [0.4, 0.5) is 0 Å². The molecule has 0 radical (unpaired) electrons. The molecule has 72 valence electrons. The molecular weight excluding hydrogens is 186 g/mol. The van der Waals surface area contributed by atoms with Crippen molar-refractivity contribution in [3.05, 3.63) is 14.7 Å².